The molecule has 41 heavy (non-hydrogen) atoms. The molecular formula is C29H34FIN7O2S-. The topological polar surface area (TPSA) is 129 Å². The van der Waals surface area contributed by atoms with Crippen molar-refractivity contribution in [1.29, 1.82) is 0 Å². The van der Waals surface area contributed by atoms with E-state index in [0.717, 1.165) is 70.3 Å². The molecule has 0 amide bonds. The van der Waals surface area contributed by atoms with Gasteiger partial charge in [-0.25, -0.2) is 14.4 Å². The predicted octanol–water partition coefficient (Wildman–Crippen LogP) is 4.56. The molecule has 1 saturated carbocycles. The number of aromatic nitrogens is 3. The van der Waals surface area contributed by atoms with Crippen molar-refractivity contribution in [2.24, 2.45) is 5.14 Å². The molecular weight excluding hydrogens is 656 g/mol. The monoisotopic (exact) mass is 690 g/mol. The molecule has 4 aromatic rings. The van der Waals surface area contributed by atoms with Crippen LogP contribution in [0.2, 0.25) is 0 Å². The molecule has 2 aliphatic rings. The quantitative estimate of drug-likeness (QED) is 0.237. The first kappa shape index (κ1) is 30.0. The molecule has 6 rings (SSSR count). The van der Waals surface area contributed by atoms with Crippen LogP contribution in [0.15, 0.2) is 55.0 Å². The SMILES string of the molecule is CN1CCN(C2CCC(n3cc(-c4ccc(-c5ccccc5I)c(F)c4)c4c(N)ncnc43)CC2)CC1.NS(=O)[O-]. The summed E-state index contributed by atoms with van der Waals surface area (Å²) in [6, 6.07) is 14.3. The number of anilines is 1. The van der Waals surface area contributed by atoms with Crippen molar-refractivity contribution in [2.75, 3.05) is 39.0 Å². The van der Waals surface area contributed by atoms with Crippen LogP contribution in [0.3, 0.4) is 0 Å². The molecule has 218 valence electrons. The molecule has 2 fully saturated rings. The summed E-state index contributed by atoms with van der Waals surface area (Å²) in [7, 11) is 2.21. The summed E-state index contributed by atoms with van der Waals surface area (Å²) in [4.78, 5) is 14.0. The van der Waals surface area contributed by atoms with E-state index >= 15 is 4.39 Å². The summed E-state index contributed by atoms with van der Waals surface area (Å²) in [6.45, 7) is 4.63. The van der Waals surface area contributed by atoms with Crippen LogP contribution in [0.4, 0.5) is 10.2 Å². The number of benzene rings is 2. The lowest BCUT2D eigenvalue weighted by molar-refractivity contribution is 0.0828. The van der Waals surface area contributed by atoms with Gasteiger partial charge in [-0.15, -0.1) is 0 Å². The van der Waals surface area contributed by atoms with E-state index in [1.165, 1.54) is 19.2 Å². The number of halogens is 2. The van der Waals surface area contributed by atoms with Gasteiger partial charge >= 0.3 is 0 Å². The Hall–Kier alpha value is -2.49. The van der Waals surface area contributed by atoms with Gasteiger partial charge in [-0.05, 0) is 78.6 Å². The first-order valence-electron chi connectivity index (χ1n) is 13.6. The van der Waals surface area contributed by atoms with Crippen LogP contribution in [0.25, 0.3) is 33.3 Å². The van der Waals surface area contributed by atoms with Crippen molar-refractivity contribution in [1.82, 2.24) is 24.3 Å². The van der Waals surface area contributed by atoms with E-state index in [0.29, 0.717) is 23.5 Å². The van der Waals surface area contributed by atoms with Gasteiger partial charge < -0.3 is 19.8 Å². The Labute approximate surface area is 255 Å². The second-order valence-electron chi connectivity index (χ2n) is 10.6. The number of nitrogens with zero attached hydrogens (tertiary/aromatic N) is 5. The third-order valence-corrected chi connectivity index (χ3v) is 9.14. The molecule has 0 bridgehead atoms. The van der Waals surface area contributed by atoms with Crippen LogP contribution < -0.4 is 10.9 Å². The Morgan fingerprint density at radius 1 is 0.976 bits per heavy atom. The number of rotatable bonds is 4. The number of piperazine rings is 1. The molecule has 1 saturated heterocycles. The van der Waals surface area contributed by atoms with Crippen LogP contribution in [-0.2, 0) is 11.3 Å². The van der Waals surface area contributed by atoms with Crippen molar-refractivity contribution >= 4 is 50.7 Å². The van der Waals surface area contributed by atoms with E-state index in [-0.39, 0.29) is 5.82 Å². The minimum atomic E-state index is -2.36. The molecule has 1 unspecified atom stereocenters. The lowest BCUT2D eigenvalue weighted by Crippen LogP contribution is -2.49. The van der Waals surface area contributed by atoms with E-state index < -0.39 is 11.3 Å². The van der Waals surface area contributed by atoms with E-state index in [4.69, 9.17) is 14.5 Å². The van der Waals surface area contributed by atoms with Gasteiger partial charge in [0.05, 0.1) is 5.39 Å². The molecule has 9 nitrogen and oxygen atoms in total. The van der Waals surface area contributed by atoms with E-state index in [1.807, 2.05) is 36.4 Å². The van der Waals surface area contributed by atoms with Gasteiger partial charge in [-0.1, -0.05) is 30.3 Å². The molecule has 1 atom stereocenters. The summed E-state index contributed by atoms with van der Waals surface area (Å²) in [5.74, 6) is 0.192. The summed E-state index contributed by atoms with van der Waals surface area (Å²) < 4.78 is 36.3. The molecule has 2 aromatic heterocycles. The number of likely N-dealkylation sites (N-methyl/N-ethyl adjacent to an activating group) is 1. The summed E-state index contributed by atoms with van der Waals surface area (Å²) in [6.07, 6.45) is 8.23. The number of hydrogen-bond acceptors (Lipinski definition) is 7. The zero-order valence-electron chi connectivity index (χ0n) is 22.9. The fourth-order valence-corrected chi connectivity index (χ4v) is 6.75. The molecule has 0 radical (unpaired) electrons. The standard InChI is InChI=1S/C29H32FIN6.H3NO2S/c1-35-12-14-36(15-13-35)20-7-9-21(10-8-20)37-17-24(27-28(32)33-18-34-29(27)37)19-6-11-22(25(30)16-19)23-4-2-3-5-26(23)31;1-4(2)3/h2-6,11,16-18,20-21H,7-10,12-15H2,1H3,(H2,32,33,34);1H2,(H,2,3)/p-1. The van der Waals surface area contributed by atoms with Crippen molar-refractivity contribution < 1.29 is 13.2 Å². The smallest absolute Gasteiger partial charge is 0.146 e. The fourth-order valence-electron chi connectivity index (χ4n) is 6.07. The van der Waals surface area contributed by atoms with Crippen LogP contribution in [0.1, 0.15) is 31.7 Å². The van der Waals surface area contributed by atoms with E-state index in [1.54, 1.807) is 6.07 Å². The maximum Gasteiger partial charge on any atom is 0.146 e. The van der Waals surface area contributed by atoms with Gasteiger partial charge in [0.1, 0.15) is 23.6 Å². The Bertz CT molecular complexity index is 1530. The summed E-state index contributed by atoms with van der Waals surface area (Å²) in [5.41, 5.74) is 10.4. The zero-order valence-corrected chi connectivity index (χ0v) is 25.9. The third kappa shape index (κ3) is 6.78. The van der Waals surface area contributed by atoms with Crippen LogP contribution >= 0.6 is 22.6 Å². The molecule has 1 aliphatic heterocycles. The molecule has 2 aromatic carbocycles. The van der Waals surface area contributed by atoms with E-state index in [9.17, 15) is 0 Å². The second-order valence-corrected chi connectivity index (χ2v) is 12.3. The van der Waals surface area contributed by atoms with Crippen LogP contribution in [0.5, 0.6) is 0 Å². The number of nitrogens with two attached hydrogens (primary N) is 2. The van der Waals surface area contributed by atoms with Crippen molar-refractivity contribution in [3.05, 3.63) is 64.4 Å². The van der Waals surface area contributed by atoms with Gasteiger partial charge in [-0.3, -0.25) is 14.2 Å². The normalized spacial score (nSPS) is 20.9. The number of hydrogen-bond donors (Lipinski definition) is 2. The Morgan fingerprint density at radius 3 is 2.29 bits per heavy atom. The molecule has 4 N–H and O–H groups in total. The average Bonchev–Trinajstić information content (AvgIpc) is 3.35. The van der Waals surface area contributed by atoms with Gasteiger partial charge in [0.25, 0.3) is 0 Å². The average molecular weight is 691 g/mol. The van der Waals surface area contributed by atoms with Crippen LogP contribution in [0, 0.1) is 9.39 Å². The Morgan fingerprint density at radius 2 is 1.63 bits per heavy atom. The lowest BCUT2D eigenvalue weighted by Gasteiger charge is -2.41. The van der Waals surface area contributed by atoms with Crippen LogP contribution in [-0.4, -0.2) is 72.4 Å². The number of fused-ring (bicyclic) bond motifs is 1. The number of nitrogen functional groups attached to an aromatic ring is 1. The minimum Gasteiger partial charge on any atom is -0.760 e. The van der Waals surface area contributed by atoms with Crippen molar-refractivity contribution in [2.45, 2.75) is 37.8 Å². The van der Waals surface area contributed by atoms with Gasteiger partial charge in [-0.2, -0.15) is 0 Å². The first-order chi connectivity index (χ1) is 19.7. The zero-order chi connectivity index (χ0) is 29.1. The summed E-state index contributed by atoms with van der Waals surface area (Å²) in [5, 5.41) is 4.84. The molecule has 12 heteroatoms. The molecule has 0 spiro atoms. The highest BCUT2D eigenvalue weighted by Crippen LogP contribution is 2.40. The van der Waals surface area contributed by atoms with Gasteiger partial charge in [0.2, 0.25) is 0 Å². The first-order valence-corrected chi connectivity index (χ1v) is 15.9. The Kier molecular flexibility index (Phi) is 9.66. The maximum absolute atomic E-state index is 15.4. The minimum absolute atomic E-state index is 0.245. The predicted molar refractivity (Wildman–Crippen MR) is 169 cm³/mol. The maximum atomic E-state index is 15.4. The Balaban J connectivity index is 0.000000794. The van der Waals surface area contributed by atoms with E-state index in [2.05, 4.69) is 65.3 Å². The van der Waals surface area contributed by atoms with Crippen molar-refractivity contribution in [3.63, 3.8) is 0 Å². The molecule has 3 heterocycles. The van der Waals surface area contributed by atoms with Crippen molar-refractivity contribution in [3.8, 4) is 22.3 Å². The highest BCUT2D eigenvalue weighted by atomic mass is 127. The summed E-state index contributed by atoms with van der Waals surface area (Å²) >= 11 is -0.108. The highest BCUT2D eigenvalue weighted by Gasteiger charge is 2.30. The fraction of sp³-hybridized carbons (Fsp3) is 0.379. The van der Waals surface area contributed by atoms with Gasteiger partial charge in [0, 0.05) is 70.4 Å². The van der Waals surface area contributed by atoms with Gasteiger partial charge in [0.15, 0.2) is 0 Å². The largest absolute Gasteiger partial charge is 0.760 e. The second kappa shape index (κ2) is 13.2. The molecule has 1 aliphatic carbocycles. The lowest BCUT2D eigenvalue weighted by atomic mass is 9.89. The highest BCUT2D eigenvalue weighted by molar-refractivity contribution is 14.1. The third-order valence-electron chi connectivity index (χ3n) is 8.20.